The highest BCUT2D eigenvalue weighted by atomic mass is 16.5. The number of anilines is 1. The highest BCUT2D eigenvalue weighted by molar-refractivity contribution is 5.38. The zero-order valence-electron chi connectivity index (χ0n) is 11.5. The Morgan fingerprint density at radius 3 is 2.58 bits per heavy atom. The molecule has 19 heavy (non-hydrogen) atoms. The van der Waals surface area contributed by atoms with Gasteiger partial charge in [-0.15, -0.1) is 0 Å². The van der Waals surface area contributed by atoms with Gasteiger partial charge in [0.05, 0.1) is 0 Å². The maximum atomic E-state index is 5.73. The average Bonchev–Trinajstić information content (AvgIpc) is 2.47. The lowest BCUT2D eigenvalue weighted by atomic mass is 10.1. The van der Waals surface area contributed by atoms with E-state index in [1.807, 2.05) is 37.4 Å². The molecule has 0 fully saturated rings. The summed E-state index contributed by atoms with van der Waals surface area (Å²) in [6, 6.07) is 13.9. The van der Waals surface area contributed by atoms with Gasteiger partial charge in [-0.1, -0.05) is 31.5 Å². The molecule has 0 aliphatic rings. The Balaban J connectivity index is 2.02. The van der Waals surface area contributed by atoms with Gasteiger partial charge in [0.15, 0.2) is 0 Å². The SMILES string of the molecule is CCCCc1ccc(Oc2cccc(NC)n2)cc1. The summed E-state index contributed by atoms with van der Waals surface area (Å²) in [5, 5.41) is 2.99. The smallest absolute Gasteiger partial charge is 0.221 e. The fraction of sp³-hybridized carbons (Fsp3) is 0.312. The first kappa shape index (κ1) is 13.4. The molecular formula is C16H20N2O. The number of hydrogen-bond donors (Lipinski definition) is 1. The van der Waals surface area contributed by atoms with Crippen molar-refractivity contribution in [1.82, 2.24) is 4.98 Å². The second-order valence-electron chi connectivity index (χ2n) is 4.46. The summed E-state index contributed by atoms with van der Waals surface area (Å²) in [5.41, 5.74) is 1.35. The van der Waals surface area contributed by atoms with Gasteiger partial charge >= 0.3 is 0 Å². The van der Waals surface area contributed by atoms with Crippen molar-refractivity contribution in [2.45, 2.75) is 26.2 Å². The molecule has 0 saturated heterocycles. The van der Waals surface area contributed by atoms with Gasteiger partial charge in [0.25, 0.3) is 0 Å². The third kappa shape index (κ3) is 3.98. The number of nitrogens with zero attached hydrogens (tertiary/aromatic N) is 1. The third-order valence-corrected chi connectivity index (χ3v) is 2.94. The molecular weight excluding hydrogens is 236 g/mol. The van der Waals surface area contributed by atoms with E-state index >= 15 is 0 Å². The van der Waals surface area contributed by atoms with Crippen LogP contribution in [0, 0.1) is 0 Å². The van der Waals surface area contributed by atoms with Crippen molar-refractivity contribution in [2.75, 3.05) is 12.4 Å². The molecule has 3 nitrogen and oxygen atoms in total. The van der Waals surface area contributed by atoms with Crippen molar-refractivity contribution in [3.63, 3.8) is 0 Å². The van der Waals surface area contributed by atoms with Crippen LogP contribution in [0.3, 0.4) is 0 Å². The van der Waals surface area contributed by atoms with Crippen LogP contribution in [0.2, 0.25) is 0 Å². The Kier molecular flexibility index (Phi) is 4.78. The first-order valence-corrected chi connectivity index (χ1v) is 6.73. The van der Waals surface area contributed by atoms with E-state index in [2.05, 4.69) is 29.4 Å². The quantitative estimate of drug-likeness (QED) is 0.838. The maximum Gasteiger partial charge on any atom is 0.221 e. The van der Waals surface area contributed by atoms with Crippen molar-refractivity contribution in [3.05, 3.63) is 48.0 Å². The van der Waals surface area contributed by atoms with E-state index < -0.39 is 0 Å². The highest BCUT2D eigenvalue weighted by Crippen LogP contribution is 2.21. The molecule has 0 atom stereocenters. The number of unbranched alkanes of at least 4 members (excludes halogenated alkanes) is 1. The molecule has 1 heterocycles. The number of aryl methyl sites for hydroxylation is 1. The molecule has 1 aromatic heterocycles. The van der Waals surface area contributed by atoms with Crippen LogP contribution in [-0.4, -0.2) is 12.0 Å². The summed E-state index contributed by atoms with van der Waals surface area (Å²) >= 11 is 0. The first-order chi connectivity index (χ1) is 9.31. The summed E-state index contributed by atoms with van der Waals surface area (Å²) in [6.07, 6.45) is 3.58. The number of nitrogens with one attached hydrogen (secondary N) is 1. The molecule has 1 aromatic carbocycles. The molecule has 0 saturated carbocycles. The van der Waals surface area contributed by atoms with Gasteiger partial charge < -0.3 is 10.1 Å². The number of rotatable bonds is 6. The Bertz CT molecular complexity index is 508. The normalized spacial score (nSPS) is 10.2. The number of aromatic nitrogens is 1. The van der Waals surface area contributed by atoms with Crippen LogP contribution in [0.5, 0.6) is 11.6 Å². The maximum absolute atomic E-state index is 5.73. The van der Waals surface area contributed by atoms with E-state index in [1.54, 1.807) is 0 Å². The van der Waals surface area contributed by atoms with Crippen molar-refractivity contribution in [2.24, 2.45) is 0 Å². The van der Waals surface area contributed by atoms with Crippen molar-refractivity contribution in [3.8, 4) is 11.6 Å². The third-order valence-electron chi connectivity index (χ3n) is 2.94. The van der Waals surface area contributed by atoms with Crippen molar-refractivity contribution < 1.29 is 4.74 Å². The molecule has 2 rings (SSSR count). The van der Waals surface area contributed by atoms with Crippen molar-refractivity contribution in [1.29, 1.82) is 0 Å². The molecule has 0 amide bonds. The van der Waals surface area contributed by atoms with E-state index in [0.717, 1.165) is 18.0 Å². The Morgan fingerprint density at radius 2 is 1.89 bits per heavy atom. The minimum Gasteiger partial charge on any atom is -0.439 e. The first-order valence-electron chi connectivity index (χ1n) is 6.73. The van der Waals surface area contributed by atoms with Crippen LogP contribution in [0.25, 0.3) is 0 Å². The fourth-order valence-corrected chi connectivity index (χ4v) is 1.84. The Labute approximate surface area is 114 Å². The number of benzene rings is 1. The molecule has 0 unspecified atom stereocenters. The molecule has 2 aromatic rings. The summed E-state index contributed by atoms with van der Waals surface area (Å²) in [7, 11) is 1.84. The minimum absolute atomic E-state index is 0.605. The van der Waals surface area contributed by atoms with E-state index in [-0.39, 0.29) is 0 Å². The minimum atomic E-state index is 0.605. The molecule has 1 N–H and O–H groups in total. The monoisotopic (exact) mass is 256 g/mol. The number of ether oxygens (including phenoxy) is 1. The molecule has 3 heteroatoms. The van der Waals surface area contributed by atoms with E-state index in [4.69, 9.17) is 4.74 Å². The zero-order valence-corrected chi connectivity index (χ0v) is 11.5. The Morgan fingerprint density at radius 1 is 1.11 bits per heavy atom. The van der Waals surface area contributed by atoms with Gasteiger partial charge in [-0.2, -0.15) is 4.98 Å². The summed E-state index contributed by atoms with van der Waals surface area (Å²) < 4.78 is 5.73. The van der Waals surface area contributed by atoms with Crippen molar-refractivity contribution >= 4 is 5.82 Å². The lowest BCUT2D eigenvalue weighted by Crippen LogP contribution is -1.94. The summed E-state index contributed by atoms with van der Waals surface area (Å²) in [5.74, 6) is 2.23. The van der Waals surface area contributed by atoms with Crippen LogP contribution in [0.15, 0.2) is 42.5 Å². The predicted molar refractivity (Wildman–Crippen MR) is 78.9 cm³/mol. The molecule has 0 aliphatic carbocycles. The summed E-state index contributed by atoms with van der Waals surface area (Å²) in [6.45, 7) is 2.21. The van der Waals surface area contributed by atoms with Gasteiger partial charge in [0, 0.05) is 13.1 Å². The second-order valence-corrected chi connectivity index (χ2v) is 4.46. The van der Waals surface area contributed by atoms with Crippen LogP contribution < -0.4 is 10.1 Å². The molecule has 0 bridgehead atoms. The standard InChI is InChI=1S/C16H20N2O/c1-3-4-6-13-9-11-14(12-10-13)19-16-8-5-7-15(17-2)18-16/h5,7-12H,3-4,6H2,1-2H3,(H,17,18). The fourth-order valence-electron chi connectivity index (χ4n) is 1.84. The van der Waals surface area contributed by atoms with Gasteiger partial charge in [-0.05, 0) is 36.6 Å². The Hall–Kier alpha value is -2.03. The van der Waals surface area contributed by atoms with Crippen LogP contribution in [-0.2, 0) is 6.42 Å². The number of pyridine rings is 1. The van der Waals surface area contributed by atoms with Gasteiger partial charge in [-0.3, -0.25) is 0 Å². The van der Waals surface area contributed by atoms with Gasteiger partial charge in [-0.25, -0.2) is 0 Å². The molecule has 0 radical (unpaired) electrons. The van der Waals surface area contributed by atoms with E-state index in [0.29, 0.717) is 5.88 Å². The number of hydrogen-bond acceptors (Lipinski definition) is 3. The lowest BCUT2D eigenvalue weighted by Gasteiger charge is -2.07. The largest absolute Gasteiger partial charge is 0.439 e. The highest BCUT2D eigenvalue weighted by Gasteiger charge is 2.00. The molecule has 0 spiro atoms. The predicted octanol–water partition coefficient (Wildman–Crippen LogP) is 4.26. The summed E-state index contributed by atoms with van der Waals surface area (Å²) in [4.78, 5) is 4.33. The van der Waals surface area contributed by atoms with Crippen LogP contribution >= 0.6 is 0 Å². The van der Waals surface area contributed by atoms with Crippen LogP contribution in [0.1, 0.15) is 25.3 Å². The van der Waals surface area contributed by atoms with E-state index in [1.165, 1.54) is 18.4 Å². The zero-order chi connectivity index (χ0) is 13.5. The lowest BCUT2D eigenvalue weighted by molar-refractivity contribution is 0.463. The van der Waals surface area contributed by atoms with Gasteiger partial charge in [0.1, 0.15) is 11.6 Å². The average molecular weight is 256 g/mol. The molecule has 100 valence electrons. The van der Waals surface area contributed by atoms with Crippen LogP contribution in [0.4, 0.5) is 5.82 Å². The van der Waals surface area contributed by atoms with E-state index in [9.17, 15) is 0 Å². The molecule has 0 aliphatic heterocycles. The topological polar surface area (TPSA) is 34.1 Å². The van der Waals surface area contributed by atoms with Gasteiger partial charge in [0.2, 0.25) is 5.88 Å². The second kappa shape index (κ2) is 6.78.